The summed E-state index contributed by atoms with van der Waals surface area (Å²) in [6, 6.07) is 0. The first-order chi connectivity index (χ1) is 14.9. The number of carbonyl (C=O) groups is 1. The van der Waals surface area contributed by atoms with Crippen molar-refractivity contribution in [3.63, 3.8) is 0 Å². The molecule has 0 aliphatic heterocycles. The fourth-order valence-electron chi connectivity index (χ4n) is 9.50. The van der Waals surface area contributed by atoms with E-state index in [0.717, 1.165) is 31.1 Å². The summed E-state index contributed by atoms with van der Waals surface area (Å²) in [6.07, 6.45) is 17.6. The first kappa shape index (κ1) is 24.3. The van der Waals surface area contributed by atoms with Gasteiger partial charge in [0, 0.05) is 11.8 Å². The number of hydrogen-bond acceptors (Lipinski definition) is 1. The van der Waals surface area contributed by atoms with Gasteiger partial charge in [-0.15, -0.1) is 0 Å². The lowest BCUT2D eigenvalue weighted by Gasteiger charge is -2.63. The van der Waals surface area contributed by atoms with Gasteiger partial charge >= 0.3 is 0 Å². The van der Waals surface area contributed by atoms with Crippen LogP contribution in [0.4, 0.5) is 0 Å². The van der Waals surface area contributed by atoms with Crippen LogP contribution in [-0.4, -0.2) is 5.78 Å². The molecule has 32 heavy (non-hydrogen) atoms. The van der Waals surface area contributed by atoms with Crippen molar-refractivity contribution in [3.8, 4) is 0 Å². The van der Waals surface area contributed by atoms with Crippen molar-refractivity contribution in [2.45, 2.75) is 120 Å². The lowest BCUT2D eigenvalue weighted by molar-refractivity contribution is -0.146. The molecule has 4 aliphatic carbocycles. The molecule has 7 atom stereocenters. The summed E-state index contributed by atoms with van der Waals surface area (Å²) < 4.78 is 0. The molecule has 0 amide bonds. The Labute approximate surface area is 198 Å². The monoisotopic (exact) mass is 438 g/mol. The molecule has 0 radical (unpaired) electrons. The van der Waals surface area contributed by atoms with Crippen LogP contribution in [0, 0.1) is 45.3 Å². The molecular formula is C31H50O. The van der Waals surface area contributed by atoms with Gasteiger partial charge in [0.15, 0.2) is 0 Å². The van der Waals surface area contributed by atoms with E-state index in [1.165, 1.54) is 50.5 Å². The van der Waals surface area contributed by atoms with E-state index in [-0.39, 0.29) is 5.41 Å². The van der Waals surface area contributed by atoms with Gasteiger partial charge in [-0.3, -0.25) is 4.79 Å². The fraction of sp³-hybridized carbons (Fsp3) is 0.839. The third kappa shape index (κ3) is 3.42. The Kier molecular flexibility index (Phi) is 6.17. The van der Waals surface area contributed by atoms with Crippen molar-refractivity contribution in [2.24, 2.45) is 45.3 Å². The van der Waals surface area contributed by atoms with E-state index in [9.17, 15) is 4.79 Å². The topological polar surface area (TPSA) is 17.1 Å². The largest absolute Gasteiger partial charge is 0.299 e. The second-order valence-electron chi connectivity index (χ2n) is 13.8. The van der Waals surface area contributed by atoms with Crippen molar-refractivity contribution in [2.75, 3.05) is 0 Å². The smallest absolute Gasteiger partial charge is 0.138 e. The van der Waals surface area contributed by atoms with Crippen molar-refractivity contribution in [1.82, 2.24) is 0 Å². The Bertz CT molecular complexity index is 810. The highest BCUT2D eigenvalue weighted by Gasteiger charge is 2.65. The van der Waals surface area contributed by atoms with Crippen LogP contribution in [0.25, 0.3) is 0 Å². The second-order valence-corrected chi connectivity index (χ2v) is 13.8. The van der Waals surface area contributed by atoms with Gasteiger partial charge in [0.2, 0.25) is 0 Å². The predicted octanol–water partition coefficient (Wildman–Crippen LogP) is 8.93. The maximum absolute atomic E-state index is 12.8. The third-order valence-corrected chi connectivity index (χ3v) is 11.7. The van der Waals surface area contributed by atoms with E-state index in [1.807, 2.05) is 5.57 Å². The van der Waals surface area contributed by atoms with Crippen LogP contribution in [0.5, 0.6) is 0 Å². The van der Waals surface area contributed by atoms with Gasteiger partial charge in [0.05, 0.1) is 0 Å². The highest BCUT2D eigenvalue weighted by molar-refractivity contribution is 5.85. The van der Waals surface area contributed by atoms with Crippen LogP contribution in [0.1, 0.15) is 120 Å². The normalized spacial score (nSPS) is 43.6. The summed E-state index contributed by atoms with van der Waals surface area (Å²) in [5.41, 5.74) is 4.21. The van der Waals surface area contributed by atoms with Crippen molar-refractivity contribution in [1.29, 1.82) is 0 Å². The van der Waals surface area contributed by atoms with Gasteiger partial charge < -0.3 is 0 Å². The summed E-state index contributed by atoms with van der Waals surface area (Å²) in [4.78, 5) is 12.8. The molecule has 0 spiro atoms. The third-order valence-electron chi connectivity index (χ3n) is 11.7. The van der Waals surface area contributed by atoms with Crippen LogP contribution in [0.15, 0.2) is 23.3 Å². The number of Topliss-reactive ketones (excluding diaryl/α,β-unsaturated/α-hetero) is 1. The molecule has 0 heterocycles. The Morgan fingerprint density at radius 2 is 1.81 bits per heavy atom. The minimum Gasteiger partial charge on any atom is -0.299 e. The van der Waals surface area contributed by atoms with Gasteiger partial charge in [-0.1, -0.05) is 71.3 Å². The van der Waals surface area contributed by atoms with Crippen LogP contribution in [0.3, 0.4) is 0 Å². The molecule has 3 fully saturated rings. The molecular weight excluding hydrogens is 388 g/mol. The average Bonchev–Trinajstić information content (AvgIpc) is 3.00. The van der Waals surface area contributed by atoms with Crippen LogP contribution >= 0.6 is 0 Å². The SMILES string of the molecule is CC(C)=CCCCC(C)[C@@H]1CC[C@]2(C)C3=CCC4C(C)(C)C(=O)CC[C@]4(C)C3CC[C@@]12C. The zero-order chi connectivity index (χ0) is 23.5. The second kappa shape index (κ2) is 8.13. The van der Waals surface area contributed by atoms with Gasteiger partial charge in [0.25, 0.3) is 0 Å². The standard InChI is InChI=1S/C31H50O/c1-21(2)11-9-10-12-22(3)23-15-19-31(8)25-13-14-26-28(4,5)27(32)17-18-29(26,6)24(25)16-20-30(23,31)7/h11,13,22-24,26H,9-10,12,14-20H2,1-8H3/t22?,23-,24?,26?,29+,30-,31+/m0/s1. The molecule has 1 heteroatoms. The number of rotatable bonds is 5. The van der Waals surface area contributed by atoms with Crippen LogP contribution in [-0.2, 0) is 4.79 Å². The number of unbranched alkanes of at least 4 members (excludes halogenated alkanes) is 1. The molecule has 0 N–H and O–H groups in total. The predicted molar refractivity (Wildman–Crippen MR) is 136 cm³/mol. The molecule has 0 aromatic heterocycles. The lowest BCUT2D eigenvalue weighted by Crippen LogP contribution is -2.57. The summed E-state index contributed by atoms with van der Waals surface area (Å²) in [5, 5.41) is 0. The minimum absolute atomic E-state index is 0.158. The number of fused-ring (bicyclic) bond motifs is 5. The summed E-state index contributed by atoms with van der Waals surface area (Å²) >= 11 is 0. The maximum atomic E-state index is 12.8. The average molecular weight is 439 g/mol. The molecule has 1 nitrogen and oxygen atoms in total. The fourth-order valence-corrected chi connectivity index (χ4v) is 9.50. The zero-order valence-electron chi connectivity index (χ0n) is 22.4. The Morgan fingerprint density at radius 3 is 2.50 bits per heavy atom. The molecule has 3 unspecified atom stereocenters. The molecule has 0 aromatic carbocycles. The van der Waals surface area contributed by atoms with Crippen LogP contribution < -0.4 is 0 Å². The van der Waals surface area contributed by atoms with Crippen molar-refractivity contribution >= 4 is 5.78 Å². The Balaban J connectivity index is 1.58. The molecule has 3 saturated carbocycles. The number of allylic oxidation sites excluding steroid dienone is 4. The summed E-state index contributed by atoms with van der Waals surface area (Å²) in [7, 11) is 0. The van der Waals surface area contributed by atoms with E-state index in [2.05, 4.69) is 67.5 Å². The number of carbonyl (C=O) groups excluding carboxylic acids is 1. The molecule has 0 aromatic rings. The van der Waals surface area contributed by atoms with Gasteiger partial charge in [-0.2, -0.15) is 0 Å². The Hall–Kier alpha value is -0.850. The molecule has 180 valence electrons. The molecule has 0 saturated heterocycles. The molecule has 4 rings (SSSR count). The van der Waals surface area contributed by atoms with Gasteiger partial charge in [-0.25, -0.2) is 0 Å². The van der Waals surface area contributed by atoms with E-state index >= 15 is 0 Å². The van der Waals surface area contributed by atoms with Gasteiger partial charge in [-0.05, 0) is 105 Å². The van der Waals surface area contributed by atoms with Crippen molar-refractivity contribution in [3.05, 3.63) is 23.3 Å². The summed E-state index contributed by atoms with van der Waals surface area (Å²) in [6.45, 7) is 19.3. The number of ketones is 1. The highest BCUT2D eigenvalue weighted by Crippen LogP contribution is 2.73. The first-order valence-corrected chi connectivity index (χ1v) is 13.7. The molecule has 0 bridgehead atoms. The number of hydrogen-bond donors (Lipinski definition) is 0. The quantitative estimate of drug-likeness (QED) is 0.309. The van der Waals surface area contributed by atoms with Crippen molar-refractivity contribution < 1.29 is 4.79 Å². The Morgan fingerprint density at radius 1 is 1.09 bits per heavy atom. The maximum Gasteiger partial charge on any atom is 0.138 e. The van der Waals surface area contributed by atoms with E-state index < -0.39 is 0 Å². The summed E-state index contributed by atoms with van der Waals surface area (Å²) in [5.74, 6) is 3.40. The minimum atomic E-state index is -0.158. The zero-order valence-corrected chi connectivity index (χ0v) is 22.4. The first-order valence-electron chi connectivity index (χ1n) is 13.7. The van der Waals surface area contributed by atoms with E-state index in [4.69, 9.17) is 0 Å². The lowest BCUT2D eigenvalue weighted by atomic mass is 9.41. The van der Waals surface area contributed by atoms with E-state index in [0.29, 0.717) is 33.9 Å². The van der Waals surface area contributed by atoms with E-state index in [1.54, 1.807) is 0 Å². The van der Waals surface area contributed by atoms with Crippen LogP contribution in [0.2, 0.25) is 0 Å². The highest BCUT2D eigenvalue weighted by atomic mass is 16.1. The van der Waals surface area contributed by atoms with Gasteiger partial charge in [0.1, 0.15) is 5.78 Å². The molecule has 4 aliphatic rings.